The molecule has 0 N–H and O–H groups in total. The highest BCUT2D eigenvalue weighted by molar-refractivity contribution is 6.35. The van der Waals surface area contributed by atoms with E-state index in [1.807, 2.05) is 13.8 Å². The lowest BCUT2D eigenvalue weighted by atomic mass is 10.1. The van der Waals surface area contributed by atoms with Gasteiger partial charge in [-0.2, -0.15) is 0 Å². The molecule has 1 aromatic carbocycles. The Labute approximate surface area is 103 Å². The first-order chi connectivity index (χ1) is 7.99. The topological polar surface area (TPSA) is 56.0 Å². The SMILES string of the molecule is CC(C)c1cc(Cl)c2cc([N+](=O)[O-])ccc2n1. The number of fused-ring (bicyclic) bond motifs is 1. The summed E-state index contributed by atoms with van der Waals surface area (Å²) in [6.07, 6.45) is 0. The Morgan fingerprint density at radius 3 is 2.65 bits per heavy atom. The van der Waals surface area contributed by atoms with Crippen molar-refractivity contribution >= 4 is 28.2 Å². The molecule has 5 heteroatoms. The highest BCUT2D eigenvalue weighted by atomic mass is 35.5. The fourth-order valence-electron chi connectivity index (χ4n) is 1.60. The molecule has 0 saturated heterocycles. The number of non-ortho nitro benzene ring substituents is 1. The van der Waals surface area contributed by atoms with Crippen molar-refractivity contribution in [2.75, 3.05) is 0 Å². The zero-order chi connectivity index (χ0) is 12.6. The monoisotopic (exact) mass is 250 g/mol. The molecule has 0 saturated carbocycles. The second-order valence-electron chi connectivity index (χ2n) is 4.14. The Morgan fingerprint density at radius 1 is 1.35 bits per heavy atom. The van der Waals surface area contributed by atoms with Gasteiger partial charge in [0.2, 0.25) is 0 Å². The van der Waals surface area contributed by atoms with Crippen molar-refractivity contribution in [2.45, 2.75) is 19.8 Å². The van der Waals surface area contributed by atoms with Crippen LogP contribution < -0.4 is 0 Å². The Morgan fingerprint density at radius 2 is 2.06 bits per heavy atom. The molecule has 4 nitrogen and oxygen atoms in total. The van der Waals surface area contributed by atoms with E-state index >= 15 is 0 Å². The summed E-state index contributed by atoms with van der Waals surface area (Å²) in [7, 11) is 0. The molecular formula is C12H11ClN2O2. The van der Waals surface area contributed by atoms with Crippen molar-refractivity contribution in [1.29, 1.82) is 0 Å². The van der Waals surface area contributed by atoms with Gasteiger partial charge in [-0.05, 0) is 18.1 Å². The average Bonchev–Trinajstić information content (AvgIpc) is 2.28. The highest BCUT2D eigenvalue weighted by Gasteiger charge is 2.11. The number of hydrogen-bond donors (Lipinski definition) is 0. The van der Waals surface area contributed by atoms with Gasteiger partial charge in [-0.1, -0.05) is 25.4 Å². The molecule has 0 aliphatic heterocycles. The van der Waals surface area contributed by atoms with E-state index in [2.05, 4.69) is 4.98 Å². The molecule has 0 aliphatic rings. The summed E-state index contributed by atoms with van der Waals surface area (Å²) >= 11 is 6.12. The van der Waals surface area contributed by atoms with Gasteiger partial charge in [0.1, 0.15) is 0 Å². The maximum atomic E-state index is 10.7. The maximum absolute atomic E-state index is 10.7. The second-order valence-corrected chi connectivity index (χ2v) is 4.55. The smallest absolute Gasteiger partial charge is 0.258 e. The van der Waals surface area contributed by atoms with Crippen LogP contribution in [0.4, 0.5) is 5.69 Å². The minimum absolute atomic E-state index is 0.0264. The Kier molecular flexibility index (Phi) is 2.98. The minimum Gasteiger partial charge on any atom is -0.258 e. The molecule has 0 aliphatic carbocycles. The minimum atomic E-state index is -0.438. The van der Waals surface area contributed by atoms with Gasteiger partial charge in [0.15, 0.2) is 0 Å². The van der Waals surface area contributed by atoms with Gasteiger partial charge in [-0.25, -0.2) is 0 Å². The third kappa shape index (κ3) is 2.22. The van der Waals surface area contributed by atoms with E-state index in [0.717, 1.165) is 5.69 Å². The van der Waals surface area contributed by atoms with Crippen LogP contribution in [0.3, 0.4) is 0 Å². The van der Waals surface area contributed by atoms with Crippen LogP contribution >= 0.6 is 11.6 Å². The van der Waals surface area contributed by atoms with E-state index in [1.54, 1.807) is 12.1 Å². The van der Waals surface area contributed by atoms with Gasteiger partial charge >= 0.3 is 0 Å². The van der Waals surface area contributed by atoms with E-state index in [9.17, 15) is 10.1 Å². The third-order valence-electron chi connectivity index (χ3n) is 2.56. The van der Waals surface area contributed by atoms with E-state index in [-0.39, 0.29) is 11.6 Å². The van der Waals surface area contributed by atoms with Gasteiger partial charge in [-0.3, -0.25) is 15.1 Å². The van der Waals surface area contributed by atoms with Crippen LogP contribution in [0.2, 0.25) is 5.02 Å². The summed E-state index contributed by atoms with van der Waals surface area (Å²) in [5, 5.41) is 11.8. The van der Waals surface area contributed by atoms with Gasteiger partial charge in [0.25, 0.3) is 5.69 Å². The first-order valence-electron chi connectivity index (χ1n) is 5.23. The first-order valence-corrected chi connectivity index (χ1v) is 5.61. The molecule has 88 valence electrons. The fourth-order valence-corrected chi connectivity index (χ4v) is 1.86. The number of halogens is 1. The predicted octanol–water partition coefficient (Wildman–Crippen LogP) is 3.92. The Balaban J connectivity index is 2.68. The summed E-state index contributed by atoms with van der Waals surface area (Å²) in [5.41, 5.74) is 1.60. The van der Waals surface area contributed by atoms with Crippen LogP contribution in [0.15, 0.2) is 24.3 Å². The Bertz CT molecular complexity index is 596. The number of aromatic nitrogens is 1. The van der Waals surface area contributed by atoms with Crippen molar-refractivity contribution < 1.29 is 4.92 Å². The standard InChI is InChI=1S/C12H11ClN2O2/c1-7(2)12-6-10(13)9-5-8(15(16)17)3-4-11(9)14-12/h3-7H,1-2H3. The van der Waals surface area contributed by atoms with E-state index in [4.69, 9.17) is 11.6 Å². The molecule has 0 spiro atoms. The number of hydrogen-bond acceptors (Lipinski definition) is 3. The summed E-state index contributed by atoms with van der Waals surface area (Å²) < 4.78 is 0. The van der Waals surface area contributed by atoms with Crippen molar-refractivity contribution in [1.82, 2.24) is 4.98 Å². The molecular weight excluding hydrogens is 240 g/mol. The highest BCUT2D eigenvalue weighted by Crippen LogP contribution is 2.28. The molecule has 1 heterocycles. The van der Waals surface area contributed by atoms with Crippen LogP contribution in [0.5, 0.6) is 0 Å². The molecule has 17 heavy (non-hydrogen) atoms. The summed E-state index contributed by atoms with van der Waals surface area (Å²) in [4.78, 5) is 14.7. The number of nitro benzene ring substituents is 1. The van der Waals surface area contributed by atoms with Crippen molar-refractivity contribution in [3.05, 3.63) is 45.1 Å². The first kappa shape index (κ1) is 11.8. The molecule has 2 rings (SSSR count). The molecule has 0 bridgehead atoms. The molecule has 0 radical (unpaired) electrons. The predicted molar refractivity (Wildman–Crippen MR) is 67.5 cm³/mol. The van der Waals surface area contributed by atoms with Crippen LogP contribution in [-0.4, -0.2) is 9.91 Å². The number of nitrogens with zero attached hydrogens (tertiary/aromatic N) is 2. The van der Waals surface area contributed by atoms with Crippen LogP contribution in [0.25, 0.3) is 10.9 Å². The summed E-state index contributed by atoms with van der Waals surface area (Å²) in [6, 6.07) is 6.29. The molecule has 0 unspecified atom stereocenters. The van der Waals surface area contributed by atoms with Crippen LogP contribution in [-0.2, 0) is 0 Å². The number of benzene rings is 1. The molecule has 0 fully saturated rings. The van der Waals surface area contributed by atoms with Crippen molar-refractivity contribution in [2.24, 2.45) is 0 Å². The van der Waals surface area contributed by atoms with Gasteiger partial charge < -0.3 is 0 Å². The summed E-state index contributed by atoms with van der Waals surface area (Å²) in [5.74, 6) is 0.270. The molecule has 1 aromatic heterocycles. The maximum Gasteiger partial charge on any atom is 0.270 e. The average molecular weight is 251 g/mol. The number of pyridine rings is 1. The lowest BCUT2D eigenvalue weighted by Crippen LogP contribution is -1.94. The molecule has 0 amide bonds. The van der Waals surface area contributed by atoms with Crippen LogP contribution in [0.1, 0.15) is 25.5 Å². The fraction of sp³-hybridized carbons (Fsp3) is 0.250. The lowest BCUT2D eigenvalue weighted by molar-refractivity contribution is -0.384. The Hall–Kier alpha value is -1.68. The normalized spacial score (nSPS) is 11.1. The number of nitro groups is 1. The quantitative estimate of drug-likeness (QED) is 0.600. The van der Waals surface area contributed by atoms with E-state index < -0.39 is 4.92 Å². The van der Waals surface area contributed by atoms with Gasteiger partial charge in [-0.15, -0.1) is 0 Å². The second kappa shape index (κ2) is 4.30. The molecule has 2 aromatic rings. The van der Waals surface area contributed by atoms with Crippen LogP contribution in [0, 0.1) is 10.1 Å². The summed E-state index contributed by atoms with van der Waals surface area (Å²) in [6.45, 7) is 4.05. The van der Waals surface area contributed by atoms with E-state index in [0.29, 0.717) is 15.9 Å². The third-order valence-corrected chi connectivity index (χ3v) is 2.88. The van der Waals surface area contributed by atoms with Crippen molar-refractivity contribution in [3.8, 4) is 0 Å². The lowest BCUT2D eigenvalue weighted by Gasteiger charge is -2.07. The zero-order valence-corrected chi connectivity index (χ0v) is 10.2. The van der Waals surface area contributed by atoms with Gasteiger partial charge in [0, 0.05) is 23.2 Å². The molecule has 0 atom stereocenters. The van der Waals surface area contributed by atoms with Crippen molar-refractivity contribution in [3.63, 3.8) is 0 Å². The van der Waals surface area contributed by atoms with Gasteiger partial charge in [0.05, 0.1) is 15.5 Å². The largest absolute Gasteiger partial charge is 0.270 e. The van der Waals surface area contributed by atoms with E-state index in [1.165, 1.54) is 12.1 Å². The number of rotatable bonds is 2. The zero-order valence-electron chi connectivity index (χ0n) is 9.48.